The van der Waals surface area contributed by atoms with Crippen molar-refractivity contribution in [2.75, 3.05) is 56.2 Å². The van der Waals surface area contributed by atoms with Gasteiger partial charge in [-0.15, -0.1) is 0 Å². The number of likely N-dealkylation sites (N-methyl/N-ethyl adjacent to an activating group) is 2. The number of hydrogen-bond donors (Lipinski definition) is 9. The maximum atomic E-state index is 14.8. The van der Waals surface area contributed by atoms with E-state index in [1.807, 2.05) is 51.4 Å². The number of rotatable bonds is 23. The second-order valence-corrected chi connectivity index (χ2v) is 29.3. The molecule has 0 aliphatic carbocycles. The lowest BCUT2D eigenvalue weighted by Crippen LogP contribution is -2.50. The number of aromatic amines is 1. The fourth-order valence-corrected chi connectivity index (χ4v) is 15.6. The number of carbonyl (C=O) groups is 2. The van der Waals surface area contributed by atoms with E-state index in [1.165, 1.54) is 24.1 Å². The van der Waals surface area contributed by atoms with E-state index in [9.17, 15) is 78.8 Å². The molecule has 88 heavy (non-hydrogen) atoms. The molecule has 1 fully saturated rings. The molecule has 4 aromatic rings. The highest BCUT2D eigenvalue weighted by atomic mass is 32.2. The fraction of sp³-hybridized carbons (Fsp3) is 0.415. The number of nitrogens with zero attached hydrogens (tertiary/aromatic N) is 4. The van der Waals surface area contributed by atoms with Gasteiger partial charge in [-0.25, -0.2) is 31.5 Å². The van der Waals surface area contributed by atoms with Gasteiger partial charge < -0.3 is 58.9 Å². The van der Waals surface area contributed by atoms with Gasteiger partial charge >= 0.3 is 29.2 Å². The van der Waals surface area contributed by atoms with E-state index >= 15 is 0 Å². The molecule has 35 heteroatoms. The molecule has 6 atom stereocenters. The van der Waals surface area contributed by atoms with Crippen LogP contribution in [0.4, 0.5) is 5.69 Å². The Hall–Kier alpha value is -6.12. The molecule has 4 aliphatic rings. The van der Waals surface area contributed by atoms with Crippen LogP contribution in [0, 0.1) is 0 Å². The van der Waals surface area contributed by atoms with Crippen LogP contribution in [0.15, 0.2) is 82.5 Å². The van der Waals surface area contributed by atoms with Crippen LogP contribution < -0.4 is 41.4 Å². The van der Waals surface area contributed by atoms with Crippen molar-refractivity contribution in [3.8, 4) is 11.5 Å². The minimum Gasteiger partial charge on any atom is -0.748 e. The molecule has 0 spiro atoms. The summed E-state index contributed by atoms with van der Waals surface area (Å²) in [7, 11) is -25.1. The summed E-state index contributed by atoms with van der Waals surface area (Å²) in [6, 6.07) is 13.7. The first-order valence-electron chi connectivity index (χ1n) is 27.0. The summed E-state index contributed by atoms with van der Waals surface area (Å²) in [6.45, 7) is 11.1. The number of carbonyl (C=O) groups excluding carboxylic acids is 2. The van der Waals surface area contributed by atoms with Crippen molar-refractivity contribution in [2.24, 2.45) is 0 Å². The van der Waals surface area contributed by atoms with Gasteiger partial charge in [0.1, 0.15) is 42.1 Å². The third-order valence-electron chi connectivity index (χ3n) is 14.8. The van der Waals surface area contributed by atoms with Crippen molar-refractivity contribution in [1.29, 1.82) is 0 Å². The normalized spacial score (nSPS) is 21.0. The van der Waals surface area contributed by atoms with E-state index in [-0.39, 0.29) is 42.6 Å². The molecule has 9 N–H and O–H groups in total. The van der Waals surface area contributed by atoms with Crippen LogP contribution in [0.3, 0.4) is 0 Å². The summed E-state index contributed by atoms with van der Waals surface area (Å²) in [6.07, 6.45) is -0.480. The number of hydrogen-bond acceptors (Lipinski definition) is 20. The molecule has 30 nitrogen and oxygen atoms in total. The first kappa shape index (κ1) is 67.8. The first-order valence-corrected chi connectivity index (χ1v) is 34.7. The number of aliphatic hydroxyl groups is 2. The predicted molar refractivity (Wildman–Crippen MR) is 315 cm³/mol. The van der Waals surface area contributed by atoms with Crippen LogP contribution in [0.25, 0.3) is 22.8 Å². The van der Waals surface area contributed by atoms with E-state index in [2.05, 4.69) is 23.0 Å². The van der Waals surface area contributed by atoms with Gasteiger partial charge in [0.15, 0.2) is 11.8 Å². The molecule has 3 aromatic carbocycles. The Balaban J connectivity index is 1.02. The maximum absolute atomic E-state index is 14.8. The van der Waals surface area contributed by atoms with Gasteiger partial charge in [0.05, 0.1) is 45.2 Å². The number of nitrogens with one attached hydrogen (secondary N) is 2. The number of fused-ring (bicyclic) bond motifs is 4. The van der Waals surface area contributed by atoms with E-state index in [1.54, 1.807) is 60.7 Å². The van der Waals surface area contributed by atoms with Gasteiger partial charge in [-0.2, -0.15) is 17.0 Å². The predicted octanol–water partition coefficient (Wildman–Crippen LogP) is 1.66. The third kappa shape index (κ3) is 15.4. The van der Waals surface area contributed by atoms with Crippen molar-refractivity contribution in [3.63, 3.8) is 0 Å². The van der Waals surface area contributed by atoms with Crippen molar-refractivity contribution in [3.05, 3.63) is 138 Å². The summed E-state index contributed by atoms with van der Waals surface area (Å²) >= 11 is 0. The van der Waals surface area contributed by atoms with Crippen molar-refractivity contribution in [2.45, 2.75) is 90.0 Å². The van der Waals surface area contributed by atoms with E-state index in [4.69, 9.17) is 19.3 Å². The Bertz CT molecular complexity index is 4250. The monoisotopic (exact) mass is 1330 g/mol. The van der Waals surface area contributed by atoms with E-state index < -0.39 is 120 Å². The number of H-pyrrole nitrogens is 1. The summed E-state index contributed by atoms with van der Waals surface area (Å²) in [4.78, 5) is 95.6. The average Bonchev–Trinajstić information content (AvgIpc) is 0.840. The molecule has 4 aliphatic heterocycles. The summed E-state index contributed by atoms with van der Waals surface area (Å²) in [5, 5.41) is 25.0. The number of phosphoric ester groups is 1. The zero-order valence-electron chi connectivity index (χ0n) is 48.2. The number of aromatic nitrogens is 2. The van der Waals surface area contributed by atoms with Gasteiger partial charge in [0.2, 0.25) is 11.3 Å². The average molecular weight is 1330 g/mol. The van der Waals surface area contributed by atoms with E-state index in [0.29, 0.717) is 78.8 Å². The largest absolute Gasteiger partial charge is 0.748 e. The molecular weight excluding hydrogens is 1260 g/mol. The third-order valence-corrected chi connectivity index (χ3v) is 19.9. The lowest BCUT2D eigenvalue weighted by atomic mass is 9.83. The standard InChI is InChI=1S/C53H65N6O24P3S2/c1-8-58-39-22-41-37(20-35(39)31(24-52(58,3)4)28-87(73,74)75)45(38-21-36-32(29-88(76,77)78)25-53(5,6)59(9-2)40(36)23-42(38)80-41)33-15-10-11-16-34(33)49(64)56(7)19-13-17-44(60)54-18-12-14-30-26-57(51(65)55-48(30)63)50-47(62)46(61)43(81-50)27-79-85(69,70)83-86(71,72)82-84(66,67)68/h10-12,14-16,20-26,43,46-47,50,61-62H,8-9,13,17-19,27-29H2,1-7H3,(H7-,54,55,60,63,65,66,67,68,69,70,71,72,73,74,75,76,77,78)/b14-12+/t43-,46-,47-,50-/m1/s1. The summed E-state index contributed by atoms with van der Waals surface area (Å²) < 4.78 is 134. The van der Waals surface area contributed by atoms with E-state index in [0.717, 1.165) is 6.20 Å². The number of anilines is 1. The minimum absolute atomic E-state index is 0.0514. The summed E-state index contributed by atoms with van der Waals surface area (Å²) in [5.41, 5.74) is -0.318. The molecular formula is C53H65N6O24P3S2. The molecule has 2 amide bonds. The van der Waals surface area contributed by atoms with Crippen LogP contribution in [0.5, 0.6) is 11.5 Å². The van der Waals surface area contributed by atoms with Gasteiger partial charge in [0.25, 0.3) is 21.6 Å². The van der Waals surface area contributed by atoms with Gasteiger partial charge in [-0.1, -0.05) is 36.4 Å². The number of amides is 2. The Labute approximate surface area is 503 Å². The smallest absolute Gasteiger partial charge is 0.490 e. The van der Waals surface area contributed by atoms with Crippen LogP contribution >= 0.6 is 23.5 Å². The fourth-order valence-electron chi connectivity index (χ4n) is 11.3. The van der Waals surface area contributed by atoms with Crippen molar-refractivity contribution in [1.82, 2.24) is 24.3 Å². The zero-order chi connectivity index (χ0) is 65.0. The Kier molecular flexibility index (Phi) is 19.5. The SMILES string of the molecule is CCN1c2cc3c(cc2C(CS(=O)(=O)[O-])=CC1(C)C)C(c1ccccc1C(=O)N(C)CCCC(=O)NC/C=C/c1cn([C@@H]2O[C@H](COP(=O)(O)OP(=O)(O)OP(=O)(O)O)[C@@H](O)[C@H]2O)c(=O)[nH]c1=O)=c1cc2c(cc1O3)=[N+](CC)C(C)(C)C=C2CS(=O)(=O)O. The quantitative estimate of drug-likeness (QED) is 0.0255. The Morgan fingerprint density at radius 1 is 0.886 bits per heavy atom. The first-order chi connectivity index (χ1) is 40.7. The lowest BCUT2D eigenvalue weighted by Gasteiger charge is -2.44. The molecule has 1 aromatic heterocycles. The Morgan fingerprint density at radius 3 is 2.22 bits per heavy atom. The van der Waals surface area contributed by atoms with Crippen LogP contribution in [-0.4, -0.2) is 163 Å². The minimum atomic E-state index is -5.89. The molecule has 8 rings (SSSR count). The van der Waals surface area contributed by atoms with Gasteiger partial charge in [-0.3, -0.25) is 33.0 Å². The molecule has 0 bridgehead atoms. The molecule has 2 unspecified atom stereocenters. The molecule has 478 valence electrons. The summed E-state index contributed by atoms with van der Waals surface area (Å²) in [5.74, 6) is -1.83. The second-order valence-electron chi connectivity index (χ2n) is 22.0. The topological polar surface area (TPSA) is 441 Å². The second kappa shape index (κ2) is 25.3. The number of phosphoric acid groups is 3. The van der Waals surface area contributed by atoms with Crippen LogP contribution in [0.1, 0.15) is 98.8 Å². The number of ether oxygens (including phenoxy) is 2. The zero-order valence-corrected chi connectivity index (χ0v) is 52.5. The van der Waals surface area contributed by atoms with Crippen LogP contribution in [-0.2, 0) is 56.6 Å². The highest BCUT2D eigenvalue weighted by Crippen LogP contribution is 2.66. The molecule has 1 saturated heterocycles. The van der Waals surface area contributed by atoms with Crippen molar-refractivity contribution < 1.29 is 102 Å². The van der Waals surface area contributed by atoms with Crippen molar-refractivity contribution >= 4 is 84.0 Å². The number of aliphatic hydroxyl groups excluding tert-OH is 2. The maximum Gasteiger partial charge on any atom is 0.490 e. The molecule has 5 heterocycles. The van der Waals surface area contributed by atoms with Gasteiger partial charge in [0, 0.05) is 92.4 Å². The molecule has 0 saturated carbocycles. The van der Waals surface area contributed by atoms with Crippen LogP contribution in [0.2, 0.25) is 0 Å². The number of benzene rings is 3. The highest BCUT2D eigenvalue weighted by molar-refractivity contribution is 7.86. The van der Waals surface area contributed by atoms with Gasteiger partial charge in [-0.05, 0) is 75.1 Å². The lowest BCUT2D eigenvalue weighted by molar-refractivity contribution is -0.121. The molecule has 0 radical (unpaired) electrons. The Morgan fingerprint density at radius 2 is 1.57 bits per heavy atom. The highest BCUT2D eigenvalue weighted by Gasteiger charge is 2.47.